The van der Waals surface area contributed by atoms with Gasteiger partial charge in [-0.1, -0.05) is 31.6 Å². The quantitative estimate of drug-likeness (QED) is 0.442. The molecule has 8 atom stereocenters. The molecule has 0 amide bonds. The van der Waals surface area contributed by atoms with E-state index in [1.165, 1.54) is 0 Å². The molecule has 0 saturated heterocycles. The Bertz CT molecular complexity index is 1140. The third kappa shape index (κ3) is 3.39. The number of halogens is 1. The molecular weight excluding hydrogens is 459 g/mol. The monoisotopic (exact) mass is 496 g/mol. The van der Waals surface area contributed by atoms with Gasteiger partial charge in [-0.2, -0.15) is 0 Å². The molecular formula is C30H37FO5. The van der Waals surface area contributed by atoms with Gasteiger partial charge in [0.05, 0.1) is 12.2 Å². The van der Waals surface area contributed by atoms with Crippen molar-refractivity contribution in [1.82, 2.24) is 0 Å². The van der Waals surface area contributed by atoms with Gasteiger partial charge in [0.15, 0.2) is 11.6 Å². The van der Waals surface area contributed by atoms with Gasteiger partial charge in [-0.15, -0.1) is 0 Å². The Balaban J connectivity index is 1.54. The second kappa shape index (κ2) is 8.61. The minimum atomic E-state index is -1.61. The molecule has 4 aliphatic rings. The number of allylic oxidation sites excluding steroid dienone is 1. The van der Waals surface area contributed by atoms with E-state index >= 15 is 4.39 Å². The first kappa shape index (κ1) is 25.3. The Morgan fingerprint density at radius 2 is 1.89 bits per heavy atom. The molecule has 0 bridgehead atoms. The minimum absolute atomic E-state index is 0.00331. The average molecular weight is 497 g/mol. The molecule has 194 valence electrons. The number of ether oxygens (including phenoxy) is 1. The molecule has 3 fully saturated rings. The van der Waals surface area contributed by atoms with Crippen LogP contribution >= 0.6 is 0 Å². The normalized spacial score (nSPS) is 41.6. The maximum absolute atomic E-state index is 17.3. The second-order valence-corrected chi connectivity index (χ2v) is 12.0. The van der Waals surface area contributed by atoms with Gasteiger partial charge in [-0.25, -0.2) is 4.39 Å². The molecule has 0 radical (unpaired) electrons. The molecule has 1 aromatic carbocycles. The molecule has 36 heavy (non-hydrogen) atoms. The number of hydrogen-bond acceptors (Lipinski definition) is 5. The molecule has 5 rings (SSSR count). The van der Waals surface area contributed by atoms with E-state index in [4.69, 9.17) is 4.74 Å². The zero-order chi connectivity index (χ0) is 26.0. The largest absolute Gasteiger partial charge is 0.493 e. The summed E-state index contributed by atoms with van der Waals surface area (Å²) in [4.78, 5) is 39.6. The average Bonchev–Trinajstić information content (AvgIpc) is 3.14. The van der Waals surface area contributed by atoms with Crippen molar-refractivity contribution in [2.75, 3.05) is 6.61 Å². The van der Waals surface area contributed by atoms with E-state index in [1.807, 2.05) is 19.9 Å². The number of carbonyl (C=O) groups is 3. The summed E-state index contributed by atoms with van der Waals surface area (Å²) in [6.07, 6.45) is 2.84. The molecule has 1 N–H and O–H groups in total. The summed E-state index contributed by atoms with van der Waals surface area (Å²) in [5.74, 6) is -1.42. The number of Topliss-reactive ketones (excluding diaryl/α,β-unsaturated/α-hetero) is 3. The molecule has 2 unspecified atom stereocenters. The molecule has 0 heterocycles. The topological polar surface area (TPSA) is 80.7 Å². The lowest BCUT2D eigenvalue weighted by atomic mass is 9.45. The standard InChI is InChI=1S/C30H37FO5/c1-5-36-25-9-7-6-8-19(25)27(35)20-15-22-21-11-10-18-14-23(33)24(34)16-29(18,4)30(21,31)13-12-28(22,3)26(20)17(2)32/h6-9,14,20-23,26,33H,5,10-13,15-16H2,1-4H3/t20?,21-,22-,23?,26-,28-,29-,30+/m0/s1. The van der Waals surface area contributed by atoms with Crippen LogP contribution < -0.4 is 4.74 Å². The maximum Gasteiger partial charge on any atom is 0.170 e. The number of fused-ring (bicyclic) bond motifs is 5. The summed E-state index contributed by atoms with van der Waals surface area (Å²) in [6, 6.07) is 7.17. The Kier molecular flexibility index (Phi) is 6.06. The summed E-state index contributed by atoms with van der Waals surface area (Å²) in [6.45, 7) is 7.78. The Morgan fingerprint density at radius 3 is 2.58 bits per heavy atom. The van der Waals surface area contributed by atoms with E-state index in [-0.39, 0.29) is 42.0 Å². The second-order valence-electron chi connectivity index (χ2n) is 12.0. The van der Waals surface area contributed by atoms with E-state index in [0.29, 0.717) is 43.6 Å². The number of aliphatic hydroxyl groups excluding tert-OH is 1. The van der Waals surface area contributed by atoms with Crippen molar-refractivity contribution in [2.24, 2.45) is 34.5 Å². The lowest BCUT2D eigenvalue weighted by Gasteiger charge is -2.61. The van der Waals surface area contributed by atoms with Gasteiger partial charge in [0.2, 0.25) is 0 Å². The van der Waals surface area contributed by atoms with Crippen LogP contribution in [0.1, 0.15) is 76.6 Å². The van der Waals surface area contributed by atoms with Crippen LogP contribution in [0.5, 0.6) is 5.75 Å². The SMILES string of the molecule is CCOc1ccccc1C(=O)C1C[C@H]2[C@@H]3CCC4=CC(O)C(=O)C[C@]4(C)[C@@]3(F)CC[C@]2(C)[C@H]1C(C)=O. The highest BCUT2D eigenvalue weighted by Crippen LogP contribution is 2.70. The van der Waals surface area contributed by atoms with Crippen LogP contribution in [0.4, 0.5) is 4.39 Å². The first-order valence-electron chi connectivity index (χ1n) is 13.4. The Labute approximate surface area is 212 Å². The first-order chi connectivity index (χ1) is 17.0. The van der Waals surface area contributed by atoms with Crippen LogP contribution in [0.2, 0.25) is 0 Å². The number of hydrogen-bond donors (Lipinski definition) is 1. The summed E-state index contributed by atoms with van der Waals surface area (Å²) in [7, 11) is 0. The Morgan fingerprint density at radius 1 is 1.17 bits per heavy atom. The van der Waals surface area contributed by atoms with Crippen molar-refractivity contribution in [3.63, 3.8) is 0 Å². The first-order valence-corrected chi connectivity index (χ1v) is 13.4. The van der Waals surface area contributed by atoms with Crippen molar-refractivity contribution < 1.29 is 28.6 Å². The van der Waals surface area contributed by atoms with Crippen LogP contribution in [-0.2, 0) is 9.59 Å². The maximum atomic E-state index is 17.3. The summed E-state index contributed by atoms with van der Waals surface area (Å²) >= 11 is 0. The fourth-order valence-corrected chi connectivity index (χ4v) is 8.68. The number of benzene rings is 1. The van der Waals surface area contributed by atoms with Crippen molar-refractivity contribution in [1.29, 1.82) is 0 Å². The summed E-state index contributed by atoms with van der Waals surface area (Å²) < 4.78 is 23.1. The third-order valence-corrected chi connectivity index (χ3v) is 10.4. The number of para-hydroxylation sites is 1. The van der Waals surface area contributed by atoms with Crippen LogP contribution in [0.3, 0.4) is 0 Å². The van der Waals surface area contributed by atoms with Crippen LogP contribution in [0, 0.1) is 34.5 Å². The van der Waals surface area contributed by atoms with Gasteiger partial charge < -0.3 is 9.84 Å². The van der Waals surface area contributed by atoms with Gasteiger partial charge in [-0.3, -0.25) is 14.4 Å². The van der Waals surface area contributed by atoms with E-state index in [2.05, 4.69) is 6.92 Å². The van der Waals surface area contributed by atoms with Crippen molar-refractivity contribution in [3.8, 4) is 5.75 Å². The predicted molar refractivity (Wildman–Crippen MR) is 133 cm³/mol. The van der Waals surface area contributed by atoms with Crippen molar-refractivity contribution >= 4 is 17.3 Å². The fraction of sp³-hybridized carbons (Fsp3) is 0.633. The number of alkyl halides is 1. The molecule has 5 nitrogen and oxygen atoms in total. The number of rotatable bonds is 5. The zero-order valence-electron chi connectivity index (χ0n) is 21.7. The number of carbonyl (C=O) groups excluding carboxylic acids is 3. The van der Waals surface area contributed by atoms with Gasteiger partial charge in [-0.05, 0) is 81.4 Å². The van der Waals surface area contributed by atoms with E-state index < -0.39 is 34.4 Å². The van der Waals surface area contributed by atoms with Gasteiger partial charge in [0.1, 0.15) is 23.3 Å². The van der Waals surface area contributed by atoms with Crippen molar-refractivity contribution in [3.05, 3.63) is 41.5 Å². The number of aliphatic hydroxyl groups is 1. The van der Waals surface area contributed by atoms with E-state index in [9.17, 15) is 19.5 Å². The van der Waals surface area contributed by atoms with Gasteiger partial charge in [0.25, 0.3) is 0 Å². The van der Waals surface area contributed by atoms with Crippen LogP contribution in [0.15, 0.2) is 35.9 Å². The Hall–Kier alpha value is -2.34. The van der Waals surface area contributed by atoms with Crippen LogP contribution in [0.25, 0.3) is 0 Å². The predicted octanol–water partition coefficient (Wildman–Crippen LogP) is 5.29. The van der Waals surface area contributed by atoms with Crippen molar-refractivity contribution in [2.45, 2.75) is 78.0 Å². The lowest BCUT2D eigenvalue weighted by molar-refractivity contribution is -0.158. The highest BCUT2D eigenvalue weighted by atomic mass is 19.1. The minimum Gasteiger partial charge on any atom is -0.493 e. The van der Waals surface area contributed by atoms with Gasteiger partial charge >= 0.3 is 0 Å². The smallest absolute Gasteiger partial charge is 0.170 e. The number of ketones is 3. The molecule has 4 aliphatic carbocycles. The molecule has 1 aromatic rings. The van der Waals surface area contributed by atoms with E-state index in [1.54, 1.807) is 31.2 Å². The molecule has 3 saturated carbocycles. The zero-order valence-corrected chi connectivity index (χ0v) is 21.7. The molecule has 0 spiro atoms. The highest BCUT2D eigenvalue weighted by Gasteiger charge is 2.70. The summed E-state index contributed by atoms with van der Waals surface area (Å²) in [5, 5.41) is 10.1. The van der Waals surface area contributed by atoms with E-state index in [0.717, 1.165) is 5.57 Å². The lowest BCUT2D eigenvalue weighted by Crippen LogP contribution is -2.62. The van der Waals surface area contributed by atoms with Crippen LogP contribution in [-0.4, -0.2) is 40.8 Å². The highest BCUT2D eigenvalue weighted by molar-refractivity contribution is 6.03. The third-order valence-electron chi connectivity index (χ3n) is 10.4. The fourth-order valence-electron chi connectivity index (χ4n) is 8.68. The summed E-state index contributed by atoms with van der Waals surface area (Å²) in [5.41, 5.74) is -1.72. The van der Waals surface area contributed by atoms with Gasteiger partial charge in [0, 0.05) is 23.7 Å². The molecule has 0 aliphatic heterocycles. The molecule has 6 heteroatoms. The molecule has 0 aromatic heterocycles.